The first-order chi connectivity index (χ1) is 11.2. The molecular weight excluding hydrogens is 355 g/mol. The van der Waals surface area contributed by atoms with E-state index in [4.69, 9.17) is 27.6 Å². The number of furan rings is 1. The number of rotatable bonds is 3. The standard InChI is InChI=1S/C15H12Cl2N4OS/c16-13-12(23-15(17)20-13)8-21-4-3-10-9(7-21)6-18-14(19-10)11-2-1-5-22-11/h1-2,5-6H,3-4,7-8H2. The molecule has 0 saturated carbocycles. The van der Waals surface area contributed by atoms with Gasteiger partial charge in [-0.15, -0.1) is 11.3 Å². The number of thiazole rings is 1. The quantitative estimate of drug-likeness (QED) is 0.699. The van der Waals surface area contributed by atoms with Crippen molar-refractivity contribution in [2.45, 2.75) is 19.5 Å². The predicted octanol–water partition coefficient (Wildman–Crippen LogP) is 4.06. The van der Waals surface area contributed by atoms with Crippen molar-refractivity contribution >= 4 is 34.5 Å². The molecule has 4 rings (SSSR count). The van der Waals surface area contributed by atoms with Crippen LogP contribution in [-0.4, -0.2) is 26.4 Å². The summed E-state index contributed by atoms with van der Waals surface area (Å²) in [5, 5.41) is 0.496. The van der Waals surface area contributed by atoms with Gasteiger partial charge in [-0.05, 0) is 12.1 Å². The number of aromatic nitrogens is 3. The van der Waals surface area contributed by atoms with Crippen LogP contribution in [0.25, 0.3) is 11.6 Å². The van der Waals surface area contributed by atoms with Gasteiger partial charge in [0.25, 0.3) is 0 Å². The van der Waals surface area contributed by atoms with Gasteiger partial charge in [-0.1, -0.05) is 23.2 Å². The van der Waals surface area contributed by atoms with E-state index in [9.17, 15) is 0 Å². The van der Waals surface area contributed by atoms with E-state index in [1.54, 1.807) is 6.26 Å². The van der Waals surface area contributed by atoms with Crippen molar-refractivity contribution in [2.24, 2.45) is 0 Å². The molecule has 0 aliphatic carbocycles. The zero-order valence-electron chi connectivity index (χ0n) is 12.0. The van der Waals surface area contributed by atoms with Crippen LogP contribution in [0.5, 0.6) is 0 Å². The molecule has 0 N–H and O–H groups in total. The van der Waals surface area contributed by atoms with Gasteiger partial charge in [-0.2, -0.15) is 0 Å². The topological polar surface area (TPSA) is 55.1 Å². The highest BCUT2D eigenvalue weighted by molar-refractivity contribution is 7.16. The third-order valence-electron chi connectivity index (χ3n) is 3.75. The molecule has 4 heterocycles. The van der Waals surface area contributed by atoms with E-state index in [0.717, 1.165) is 42.2 Å². The second kappa shape index (κ2) is 6.20. The Kier molecular flexibility index (Phi) is 4.07. The molecule has 1 aliphatic heterocycles. The van der Waals surface area contributed by atoms with Gasteiger partial charge < -0.3 is 4.42 Å². The lowest BCUT2D eigenvalue weighted by Gasteiger charge is -2.27. The third kappa shape index (κ3) is 3.12. The number of hydrogen-bond donors (Lipinski definition) is 0. The first-order valence-corrected chi connectivity index (χ1v) is 8.68. The Labute approximate surface area is 146 Å². The molecule has 0 amide bonds. The zero-order valence-corrected chi connectivity index (χ0v) is 14.3. The predicted molar refractivity (Wildman–Crippen MR) is 89.7 cm³/mol. The van der Waals surface area contributed by atoms with Crippen LogP contribution in [0, 0.1) is 0 Å². The molecule has 3 aromatic heterocycles. The average molecular weight is 367 g/mol. The van der Waals surface area contributed by atoms with E-state index >= 15 is 0 Å². The van der Waals surface area contributed by atoms with Gasteiger partial charge in [0.15, 0.2) is 16.1 Å². The zero-order chi connectivity index (χ0) is 15.8. The van der Waals surface area contributed by atoms with Crippen LogP contribution < -0.4 is 0 Å². The first-order valence-electron chi connectivity index (χ1n) is 7.11. The lowest BCUT2D eigenvalue weighted by Crippen LogP contribution is -2.30. The Morgan fingerprint density at radius 3 is 2.96 bits per heavy atom. The Morgan fingerprint density at radius 2 is 2.22 bits per heavy atom. The van der Waals surface area contributed by atoms with E-state index < -0.39 is 0 Å². The fraction of sp³-hybridized carbons (Fsp3) is 0.267. The Morgan fingerprint density at radius 1 is 1.30 bits per heavy atom. The fourth-order valence-corrected chi connectivity index (χ4v) is 4.08. The van der Waals surface area contributed by atoms with Gasteiger partial charge in [0.05, 0.1) is 16.8 Å². The molecule has 118 valence electrons. The van der Waals surface area contributed by atoms with Crippen LogP contribution in [0.3, 0.4) is 0 Å². The summed E-state index contributed by atoms with van der Waals surface area (Å²) in [6.45, 7) is 2.44. The molecule has 0 saturated heterocycles. The van der Waals surface area contributed by atoms with Gasteiger partial charge in [0, 0.05) is 37.8 Å². The van der Waals surface area contributed by atoms with Crippen molar-refractivity contribution in [3.63, 3.8) is 0 Å². The molecule has 0 atom stereocenters. The Balaban J connectivity index is 1.52. The molecule has 8 heteroatoms. The van der Waals surface area contributed by atoms with E-state index in [1.165, 1.54) is 11.3 Å². The summed E-state index contributed by atoms with van der Waals surface area (Å²) in [6.07, 6.45) is 4.38. The SMILES string of the molecule is Clc1nc(Cl)c(CN2CCc3nc(-c4ccco4)ncc3C2)s1. The molecule has 1 aliphatic rings. The highest BCUT2D eigenvalue weighted by Gasteiger charge is 2.21. The summed E-state index contributed by atoms with van der Waals surface area (Å²) in [7, 11) is 0. The lowest BCUT2D eigenvalue weighted by molar-refractivity contribution is 0.245. The van der Waals surface area contributed by atoms with Crippen LogP contribution in [0.15, 0.2) is 29.0 Å². The molecule has 0 spiro atoms. The van der Waals surface area contributed by atoms with Gasteiger partial charge in [0.1, 0.15) is 5.15 Å². The average Bonchev–Trinajstić information content (AvgIpc) is 3.17. The summed E-state index contributed by atoms with van der Waals surface area (Å²) < 4.78 is 5.84. The minimum atomic E-state index is 0.480. The Hall–Kier alpha value is -1.47. The maximum Gasteiger partial charge on any atom is 0.195 e. The highest BCUT2D eigenvalue weighted by atomic mass is 35.5. The van der Waals surface area contributed by atoms with Crippen molar-refractivity contribution in [3.05, 3.63) is 50.3 Å². The van der Waals surface area contributed by atoms with Gasteiger partial charge in [-0.3, -0.25) is 4.90 Å². The molecule has 0 fully saturated rings. The number of hydrogen-bond acceptors (Lipinski definition) is 6. The monoisotopic (exact) mass is 366 g/mol. The van der Waals surface area contributed by atoms with Gasteiger partial charge >= 0.3 is 0 Å². The van der Waals surface area contributed by atoms with Crippen molar-refractivity contribution in [1.82, 2.24) is 19.9 Å². The third-order valence-corrected chi connectivity index (χ3v) is 5.31. The minimum Gasteiger partial charge on any atom is -0.461 e. The molecular formula is C15H12Cl2N4OS. The van der Waals surface area contributed by atoms with Crippen molar-refractivity contribution in [2.75, 3.05) is 6.54 Å². The molecule has 0 bridgehead atoms. The molecule has 3 aromatic rings. The summed E-state index contributed by atoms with van der Waals surface area (Å²) in [5.41, 5.74) is 2.22. The van der Waals surface area contributed by atoms with Crippen LogP contribution in [0.2, 0.25) is 9.62 Å². The largest absolute Gasteiger partial charge is 0.461 e. The maximum atomic E-state index is 6.10. The van der Waals surface area contributed by atoms with Crippen molar-refractivity contribution in [3.8, 4) is 11.6 Å². The molecule has 0 radical (unpaired) electrons. The summed E-state index contributed by atoms with van der Waals surface area (Å²) in [5.74, 6) is 1.33. The summed E-state index contributed by atoms with van der Waals surface area (Å²) >= 11 is 13.4. The highest BCUT2D eigenvalue weighted by Crippen LogP contribution is 2.29. The van der Waals surface area contributed by atoms with E-state index in [1.807, 2.05) is 18.3 Å². The Bertz CT molecular complexity index is 834. The lowest BCUT2D eigenvalue weighted by atomic mass is 10.1. The van der Waals surface area contributed by atoms with Crippen LogP contribution in [0.1, 0.15) is 16.1 Å². The molecule has 0 aromatic carbocycles. The molecule has 23 heavy (non-hydrogen) atoms. The van der Waals surface area contributed by atoms with Gasteiger partial charge in [-0.25, -0.2) is 15.0 Å². The number of fused-ring (bicyclic) bond motifs is 1. The van der Waals surface area contributed by atoms with E-state index in [-0.39, 0.29) is 0 Å². The molecule has 5 nitrogen and oxygen atoms in total. The smallest absolute Gasteiger partial charge is 0.195 e. The van der Waals surface area contributed by atoms with Gasteiger partial charge in [0.2, 0.25) is 0 Å². The second-order valence-corrected chi connectivity index (χ2v) is 7.31. The number of nitrogens with zero attached hydrogens (tertiary/aromatic N) is 4. The first kappa shape index (κ1) is 15.1. The fourth-order valence-electron chi connectivity index (χ4n) is 2.64. The van der Waals surface area contributed by atoms with E-state index in [0.29, 0.717) is 21.2 Å². The second-order valence-electron chi connectivity index (χ2n) is 5.28. The van der Waals surface area contributed by atoms with Crippen LogP contribution >= 0.6 is 34.5 Å². The van der Waals surface area contributed by atoms with Crippen LogP contribution in [-0.2, 0) is 19.5 Å². The number of halogens is 2. The van der Waals surface area contributed by atoms with Crippen molar-refractivity contribution < 1.29 is 4.42 Å². The normalized spacial score (nSPS) is 14.9. The summed E-state index contributed by atoms with van der Waals surface area (Å²) in [6, 6.07) is 3.70. The van der Waals surface area contributed by atoms with Crippen LogP contribution in [0.4, 0.5) is 0 Å². The molecule has 0 unspecified atom stereocenters. The van der Waals surface area contributed by atoms with E-state index in [2.05, 4.69) is 19.9 Å². The van der Waals surface area contributed by atoms with Crippen molar-refractivity contribution in [1.29, 1.82) is 0 Å². The summed E-state index contributed by atoms with van der Waals surface area (Å²) in [4.78, 5) is 16.4. The maximum absolute atomic E-state index is 6.10. The minimum absolute atomic E-state index is 0.480.